The van der Waals surface area contributed by atoms with Crippen LogP contribution in [0.3, 0.4) is 0 Å². The number of aliphatic imine (C=N–C) groups is 1. The fourth-order valence-electron chi connectivity index (χ4n) is 1.80. The Morgan fingerprint density at radius 1 is 0.833 bits per heavy atom. The van der Waals surface area contributed by atoms with Crippen LogP contribution < -0.4 is 0 Å². The number of benzene rings is 2. The number of phenols is 1. The quantitative estimate of drug-likeness (QED) is 0.458. The van der Waals surface area contributed by atoms with Gasteiger partial charge in [0, 0.05) is 11.8 Å². The second kappa shape index (κ2) is 8.30. The number of phenolic OH excluding ortho intramolecular Hbond substituents is 1. The Morgan fingerprint density at radius 2 is 1.46 bits per heavy atom. The molecule has 0 aromatic heterocycles. The highest BCUT2D eigenvalue weighted by Crippen LogP contribution is 2.24. The molecule has 0 radical (unpaired) electrons. The van der Waals surface area contributed by atoms with Gasteiger partial charge in [-0.1, -0.05) is 18.2 Å². The topological polar surface area (TPSA) is 118 Å². The molecule has 4 N–H and O–H groups in total. The number of azo groups is 1. The molecule has 0 bridgehead atoms. The summed E-state index contributed by atoms with van der Waals surface area (Å²) < 4.78 is 0. The molecule has 0 saturated carbocycles. The Morgan fingerprint density at radius 3 is 2.08 bits per heavy atom. The lowest BCUT2D eigenvalue weighted by atomic mass is 10.0. The van der Waals surface area contributed by atoms with Gasteiger partial charge >= 0.3 is 0 Å². The highest BCUT2D eigenvalue weighted by molar-refractivity contribution is 5.85. The predicted octanol–water partition coefficient (Wildman–Crippen LogP) is 1.94. The van der Waals surface area contributed by atoms with Crippen molar-refractivity contribution in [1.82, 2.24) is 0 Å². The smallest absolute Gasteiger partial charge is 0.129 e. The first-order chi connectivity index (χ1) is 11.6. The molecule has 24 heavy (non-hydrogen) atoms. The third kappa shape index (κ3) is 4.45. The monoisotopic (exact) mass is 329 g/mol. The van der Waals surface area contributed by atoms with Crippen molar-refractivity contribution in [3.63, 3.8) is 0 Å². The average molecular weight is 329 g/mol. The van der Waals surface area contributed by atoms with E-state index in [0.717, 1.165) is 0 Å². The Hall–Kier alpha value is -2.61. The van der Waals surface area contributed by atoms with Crippen LogP contribution >= 0.6 is 0 Å². The second-order valence-corrected chi connectivity index (χ2v) is 5.24. The second-order valence-electron chi connectivity index (χ2n) is 5.24. The van der Waals surface area contributed by atoms with Crippen LogP contribution in [0.1, 0.15) is 5.56 Å². The van der Waals surface area contributed by atoms with E-state index in [2.05, 4.69) is 15.2 Å². The molecule has 0 heterocycles. The van der Waals surface area contributed by atoms with Crippen molar-refractivity contribution in [2.45, 2.75) is 5.54 Å². The van der Waals surface area contributed by atoms with Gasteiger partial charge in [-0.15, -0.1) is 0 Å². The van der Waals surface area contributed by atoms with Crippen molar-refractivity contribution in [2.75, 3.05) is 19.8 Å². The lowest BCUT2D eigenvalue weighted by Crippen LogP contribution is -2.39. The Kier molecular flexibility index (Phi) is 6.14. The van der Waals surface area contributed by atoms with Crippen LogP contribution in [0, 0.1) is 0 Å². The lowest BCUT2D eigenvalue weighted by molar-refractivity contribution is 0.0718. The van der Waals surface area contributed by atoms with E-state index in [1.165, 1.54) is 12.3 Å². The average Bonchev–Trinajstić information content (AvgIpc) is 2.64. The van der Waals surface area contributed by atoms with Crippen molar-refractivity contribution < 1.29 is 20.4 Å². The molecule has 0 spiro atoms. The minimum Gasteiger partial charge on any atom is -0.507 e. The summed E-state index contributed by atoms with van der Waals surface area (Å²) in [6.07, 6.45) is 1.28. The summed E-state index contributed by atoms with van der Waals surface area (Å²) in [5, 5.41) is 45.8. The van der Waals surface area contributed by atoms with Crippen LogP contribution in [0.5, 0.6) is 5.75 Å². The maximum atomic E-state index is 9.88. The van der Waals surface area contributed by atoms with Gasteiger partial charge in [-0.05, 0) is 30.3 Å². The van der Waals surface area contributed by atoms with Crippen LogP contribution in [0.2, 0.25) is 0 Å². The van der Waals surface area contributed by atoms with Gasteiger partial charge in [-0.2, -0.15) is 10.2 Å². The van der Waals surface area contributed by atoms with Crippen molar-refractivity contribution in [3.05, 3.63) is 54.1 Å². The number of hydrogen-bond acceptors (Lipinski definition) is 7. The van der Waals surface area contributed by atoms with Gasteiger partial charge < -0.3 is 20.4 Å². The third-order valence-corrected chi connectivity index (χ3v) is 3.41. The molecular formula is C17H19N3O4. The van der Waals surface area contributed by atoms with Crippen LogP contribution in [0.15, 0.2) is 63.8 Å². The molecule has 0 unspecified atom stereocenters. The number of nitrogens with zero attached hydrogens (tertiary/aromatic N) is 3. The highest BCUT2D eigenvalue weighted by Gasteiger charge is 2.26. The lowest BCUT2D eigenvalue weighted by Gasteiger charge is -2.22. The van der Waals surface area contributed by atoms with E-state index in [9.17, 15) is 20.4 Å². The van der Waals surface area contributed by atoms with Gasteiger partial charge in [0.15, 0.2) is 0 Å². The Balaban J connectivity index is 2.24. The zero-order valence-corrected chi connectivity index (χ0v) is 12.9. The molecule has 0 fully saturated rings. The fraction of sp³-hybridized carbons (Fsp3) is 0.235. The van der Waals surface area contributed by atoms with E-state index in [4.69, 9.17) is 0 Å². The summed E-state index contributed by atoms with van der Waals surface area (Å²) in [5.41, 5.74) is 0.133. The van der Waals surface area contributed by atoms with Crippen molar-refractivity contribution in [3.8, 4) is 5.75 Å². The Labute approximate surface area is 139 Å². The van der Waals surface area contributed by atoms with Gasteiger partial charge in [0.25, 0.3) is 0 Å². The molecule has 0 amide bonds. The van der Waals surface area contributed by atoms with E-state index in [1.54, 1.807) is 12.1 Å². The van der Waals surface area contributed by atoms with Gasteiger partial charge in [0.05, 0.1) is 31.2 Å². The van der Waals surface area contributed by atoms with Crippen LogP contribution in [-0.4, -0.2) is 52.0 Å². The summed E-state index contributed by atoms with van der Waals surface area (Å²) in [4.78, 5) is 3.99. The molecule has 7 heteroatoms. The third-order valence-electron chi connectivity index (χ3n) is 3.41. The normalized spacial score (nSPS) is 12.3. The number of aliphatic hydroxyl groups excluding tert-OH is 3. The molecule has 2 aromatic carbocycles. The fourth-order valence-corrected chi connectivity index (χ4v) is 1.80. The summed E-state index contributed by atoms with van der Waals surface area (Å²) in [6.45, 7) is -1.57. The summed E-state index contributed by atoms with van der Waals surface area (Å²) >= 11 is 0. The Bertz CT molecular complexity index is 705. The summed E-state index contributed by atoms with van der Waals surface area (Å²) in [5.74, 6) is -0.0415. The van der Waals surface area contributed by atoms with Gasteiger partial charge in [0.2, 0.25) is 0 Å². The van der Waals surface area contributed by atoms with E-state index >= 15 is 0 Å². The maximum absolute atomic E-state index is 9.88. The molecule has 0 aliphatic carbocycles. The van der Waals surface area contributed by atoms with Crippen LogP contribution in [-0.2, 0) is 0 Å². The molecule has 0 saturated heterocycles. The number of rotatable bonds is 7. The predicted molar refractivity (Wildman–Crippen MR) is 90.3 cm³/mol. The van der Waals surface area contributed by atoms with Crippen LogP contribution in [0.25, 0.3) is 0 Å². The van der Waals surface area contributed by atoms with Crippen molar-refractivity contribution >= 4 is 17.6 Å². The van der Waals surface area contributed by atoms with E-state index < -0.39 is 25.4 Å². The number of aliphatic hydroxyl groups is 3. The van der Waals surface area contributed by atoms with E-state index in [-0.39, 0.29) is 5.75 Å². The molecule has 2 aromatic rings. The largest absolute Gasteiger partial charge is 0.507 e. The minimum absolute atomic E-state index is 0.0415. The van der Waals surface area contributed by atoms with Crippen LogP contribution in [0.4, 0.5) is 11.4 Å². The van der Waals surface area contributed by atoms with Gasteiger partial charge in [-0.25, -0.2) is 0 Å². The zero-order valence-electron chi connectivity index (χ0n) is 12.9. The van der Waals surface area contributed by atoms with Gasteiger partial charge in [0.1, 0.15) is 11.3 Å². The molecular weight excluding hydrogens is 310 g/mol. The molecule has 0 aliphatic heterocycles. The summed E-state index contributed by atoms with van der Waals surface area (Å²) in [7, 11) is 0. The maximum Gasteiger partial charge on any atom is 0.129 e. The van der Waals surface area contributed by atoms with E-state index in [0.29, 0.717) is 16.9 Å². The highest BCUT2D eigenvalue weighted by atomic mass is 16.3. The standard InChI is InChI=1S/C17H19N3O4/c21-10-17(11-22,12-23)18-9-13-8-15(6-7-16(13)24)20-19-14-4-2-1-3-5-14/h1-9,21-24H,10-12H2. The van der Waals surface area contributed by atoms with Crippen molar-refractivity contribution in [1.29, 1.82) is 0 Å². The first kappa shape index (κ1) is 17.7. The molecule has 0 atom stereocenters. The molecule has 7 nitrogen and oxygen atoms in total. The van der Waals surface area contributed by atoms with Crippen molar-refractivity contribution in [2.24, 2.45) is 15.2 Å². The SMILES string of the molecule is OCC(CO)(CO)N=Cc1cc(N=Nc2ccccc2)ccc1O. The summed E-state index contributed by atoms with van der Waals surface area (Å²) in [6, 6.07) is 13.8. The first-order valence-corrected chi connectivity index (χ1v) is 7.30. The minimum atomic E-state index is -1.39. The number of aromatic hydroxyl groups is 1. The zero-order chi connectivity index (χ0) is 17.4. The first-order valence-electron chi connectivity index (χ1n) is 7.30. The number of hydrogen-bond donors (Lipinski definition) is 4. The van der Waals surface area contributed by atoms with E-state index in [1.807, 2.05) is 30.3 Å². The molecule has 2 rings (SSSR count). The van der Waals surface area contributed by atoms with Gasteiger partial charge in [-0.3, -0.25) is 4.99 Å². The molecule has 126 valence electrons. The molecule has 0 aliphatic rings.